The first-order chi connectivity index (χ1) is 10.8. The number of hydrogen-bond donors (Lipinski definition) is 0. The summed E-state index contributed by atoms with van der Waals surface area (Å²) in [7, 11) is 0. The molecule has 116 valence electrons. The molecule has 0 fully saturated rings. The number of rotatable bonds is 8. The van der Waals surface area contributed by atoms with Crippen LogP contribution in [-0.2, 0) is 6.42 Å². The number of aliphatic imine (C=N–C) groups is 1. The van der Waals surface area contributed by atoms with Crippen molar-refractivity contribution in [2.24, 2.45) is 4.99 Å². The molecule has 2 aromatic rings. The molecule has 0 unspecified atom stereocenters. The molecule has 2 aromatic carbocycles. The highest BCUT2D eigenvalue weighted by atomic mass is 16.5. The lowest BCUT2D eigenvalue weighted by atomic mass is 10.1. The zero-order valence-corrected chi connectivity index (χ0v) is 13.6. The Balaban J connectivity index is 1.92. The number of unbranched alkanes of at least 4 members (excludes halogenated alkanes) is 2. The van der Waals surface area contributed by atoms with Gasteiger partial charge < -0.3 is 4.74 Å². The molecule has 0 aromatic heterocycles. The van der Waals surface area contributed by atoms with E-state index in [2.05, 4.69) is 36.2 Å². The molecule has 0 amide bonds. The molecule has 0 saturated carbocycles. The summed E-state index contributed by atoms with van der Waals surface area (Å²) >= 11 is 0. The van der Waals surface area contributed by atoms with E-state index in [9.17, 15) is 0 Å². The van der Waals surface area contributed by atoms with Crippen LogP contribution in [0.5, 0.6) is 5.75 Å². The Kier molecular flexibility index (Phi) is 6.69. The fourth-order valence-corrected chi connectivity index (χ4v) is 2.29. The number of aryl methyl sites for hydroxylation is 1. The zero-order chi connectivity index (χ0) is 15.6. The predicted octanol–water partition coefficient (Wildman–Crippen LogP) is 5.57. The molecule has 0 aliphatic carbocycles. The molecule has 0 aliphatic heterocycles. The van der Waals surface area contributed by atoms with Crippen LogP contribution in [0.1, 0.15) is 44.2 Å². The quantitative estimate of drug-likeness (QED) is 0.461. The van der Waals surface area contributed by atoms with E-state index >= 15 is 0 Å². The third-order valence-electron chi connectivity index (χ3n) is 3.56. The molecular weight excluding hydrogens is 270 g/mol. The van der Waals surface area contributed by atoms with Crippen molar-refractivity contribution in [2.45, 2.75) is 39.5 Å². The van der Waals surface area contributed by atoms with Crippen LogP contribution < -0.4 is 4.74 Å². The Morgan fingerprint density at radius 1 is 0.909 bits per heavy atom. The summed E-state index contributed by atoms with van der Waals surface area (Å²) in [5.41, 5.74) is 3.47. The SMILES string of the molecule is CCCCCc1ccc(N=Cc2ccc(OCC)cc2)cc1. The summed E-state index contributed by atoms with van der Waals surface area (Å²) in [4.78, 5) is 4.52. The third kappa shape index (κ3) is 5.36. The fourth-order valence-electron chi connectivity index (χ4n) is 2.29. The summed E-state index contributed by atoms with van der Waals surface area (Å²) < 4.78 is 5.43. The lowest BCUT2D eigenvalue weighted by Crippen LogP contribution is -1.91. The Hall–Kier alpha value is -2.09. The summed E-state index contributed by atoms with van der Waals surface area (Å²) in [5, 5.41) is 0. The zero-order valence-electron chi connectivity index (χ0n) is 13.6. The van der Waals surface area contributed by atoms with E-state index in [1.54, 1.807) is 0 Å². The van der Waals surface area contributed by atoms with Crippen molar-refractivity contribution in [1.82, 2.24) is 0 Å². The molecule has 0 atom stereocenters. The van der Waals surface area contributed by atoms with Crippen LogP contribution >= 0.6 is 0 Å². The maximum atomic E-state index is 5.43. The molecule has 0 saturated heterocycles. The third-order valence-corrected chi connectivity index (χ3v) is 3.56. The van der Waals surface area contributed by atoms with E-state index in [1.807, 2.05) is 37.4 Å². The van der Waals surface area contributed by atoms with Crippen LogP contribution in [0.3, 0.4) is 0 Å². The first-order valence-electron chi connectivity index (χ1n) is 8.17. The van der Waals surface area contributed by atoms with Crippen molar-refractivity contribution in [3.63, 3.8) is 0 Å². The monoisotopic (exact) mass is 295 g/mol. The first-order valence-corrected chi connectivity index (χ1v) is 8.17. The largest absolute Gasteiger partial charge is 0.494 e. The molecule has 2 heteroatoms. The number of benzene rings is 2. The van der Waals surface area contributed by atoms with Gasteiger partial charge in [0.05, 0.1) is 12.3 Å². The van der Waals surface area contributed by atoms with E-state index in [0.29, 0.717) is 6.61 Å². The average molecular weight is 295 g/mol. The number of hydrogen-bond acceptors (Lipinski definition) is 2. The Labute approximate surface area is 133 Å². The highest BCUT2D eigenvalue weighted by Crippen LogP contribution is 2.16. The van der Waals surface area contributed by atoms with Gasteiger partial charge in [-0.2, -0.15) is 0 Å². The second kappa shape index (κ2) is 9.04. The van der Waals surface area contributed by atoms with Gasteiger partial charge in [-0.3, -0.25) is 4.99 Å². The smallest absolute Gasteiger partial charge is 0.119 e. The Bertz CT molecular complexity index is 570. The normalized spacial score (nSPS) is 11.0. The lowest BCUT2D eigenvalue weighted by Gasteiger charge is -2.02. The van der Waals surface area contributed by atoms with Gasteiger partial charge >= 0.3 is 0 Å². The van der Waals surface area contributed by atoms with E-state index in [4.69, 9.17) is 4.74 Å². The van der Waals surface area contributed by atoms with Gasteiger partial charge in [-0.1, -0.05) is 31.9 Å². The van der Waals surface area contributed by atoms with Crippen molar-refractivity contribution in [1.29, 1.82) is 0 Å². The van der Waals surface area contributed by atoms with Gasteiger partial charge in [0.25, 0.3) is 0 Å². The molecule has 0 spiro atoms. The van der Waals surface area contributed by atoms with E-state index in [1.165, 1.54) is 24.8 Å². The Morgan fingerprint density at radius 2 is 1.64 bits per heavy atom. The molecular formula is C20H25NO. The van der Waals surface area contributed by atoms with Crippen LogP contribution in [0, 0.1) is 0 Å². The minimum Gasteiger partial charge on any atom is -0.494 e. The molecule has 22 heavy (non-hydrogen) atoms. The first kappa shape index (κ1) is 16.3. The van der Waals surface area contributed by atoms with Gasteiger partial charge in [-0.05, 0) is 67.3 Å². The lowest BCUT2D eigenvalue weighted by molar-refractivity contribution is 0.340. The second-order valence-corrected chi connectivity index (χ2v) is 5.38. The van der Waals surface area contributed by atoms with Crippen LogP contribution in [0.15, 0.2) is 53.5 Å². The minimum absolute atomic E-state index is 0.693. The molecule has 0 aliphatic rings. The van der Waals surface area contributed by atoms with Crippen LogP contribution in [0.2, 0.25) is 0 Å². The fraction of sp³-hybridized carbons (Fsp3) is 0.350. The summed E-state index contributed by atoms with van der Waals surface area (Å²) in [6, 6.07) is 16.5. The number of nitrogens with zero attached hydrogens (tertiary/aromatic N) is 1. The van der Waals surface area contributed by atoms with Gasteiger partial charge in [-0.15, -0.1) is 0 Å². The van der Waals surface area contributed by atoms with Crippen molar-refractivity contribution in [3.8, 4) is 5.75 Å². The summed E-state index contributed by atoms with van der Waals surface area (Å²) in [5.74, 6) is 0.899. The highest BCUT2D eigenvalue weighted by Gasteiger charge is 1.95. The highest BCUT2D eigenvalue weighted by molar-refractivity contribution is 5.82. The molecule has 0 heterocycles. The molecule has 2 nitrogen and oxygen atoms in total. The molecule has 0 bridgehead atoms. The van der Waals surface area contributed by atoms with Crippen molar-refractivity contribution in [2.75, 3.05) is 6.61 Å². The van der Waals surface area contributed by atoms with E-state index < -0.39 is 0 Å². The topological polar surface area (TPSA) is 21.6 Å². The number of ether oxygens (including phenoxy) is 1. The second-order valence-electron chi connectivity index (χ2n) is 5.38. The maximum Gasteiger partial charge on any atom is 0.119 e. The van der Waals surface area contributed by atoms with Crippen molar-refractivity contribution >= 4 is 11.9 Å². The molecule has 0 radical (unpaired) electrons. The van der Waals surface area contributed by atoms with Gasteiger partial charge in [0.15, 0.2) is 0 Å². The van der Waals surface area contributed by atoms with Gasteiger partial charge in [-0.25, -0.2) is 0 Å². The van der Waals surface area contributed by atoms with Crippen LogP contribution in [-0.4, -0.2) is 12.8 Å². The van der Waals surface area contributed by atoms with Crippen molar-refractivity contribution in [3.05, 3.63) is 59.7 Å². The molecule has 0 N–H and O–H groups in total. The van der Waals surface area contributed by atoms with Gasteiger partial charge in [0.1, 0.15) is 5.75 Å². The standard InChI is InChI=1S/C20H25NO/c1-3-5-6-7-17-8-12-19(13-9-17)21-16-18-10-14-20(15-11-18)22-4-2/h8-16H,3-7H2,1-2H3. The predicted molar refractivity (Wildman–Crippen MR) is 94.5 cm³/mol. The van der Waals surface area contributed by atoms with E-state index in [0.717, 1.165) is 23.4 Å². The van der Waals surface area contributed by atoms with Gasteiger partial charge in [0.2, 0.25) is 0 Å². The molecule has 2 rings (SSSR count). The van der Waals surface area contributed by atoms with Crippen LogP contribution in [0.25, 0.3) is 0 Å². The van der Waals surface area contributed by atoms with Crippen LogP contribution in [0.4, 0.5) is 5.69 Å². The Morgan fingerprint density at radius 3 is 2.27 bits per heavy atom. The summed E-state index contributed by atoms with van der Waals surface area (Å²) in [6.45, 7) is 4.91. The average Bonchev–Trinajstić information content (AvgIpc) is 2.56. The maximum absolute atomic E-state index is 5.43. The minimum atomic E-state index is 0.693. The van der Waals surface area contributed by atoms with Crippen molar-refractivity contribution < 1.29 is 4.74 Å². The van der Waals surface area contributed by atoms with E-state index in [-0.39, 0.29) is 0 Å². The van der Waals surface area contributed by atoms with Gasteiger partial charge in [0, 0.05) is 6.21 Å². The summed E-state index contributed by atoms with van der Waals surface area (Å²) in [6.07, 6.45) is 6.89.